The minimum atomic E-state index is -0.150. The van der Waals surface area contributed by atoms with Crippen LogP contribution in [0.25, 0.3) is 11.4 Å². The lowest BCUT2D eigenvalue weighted by Crippen LogP contribution is -2.27. The summed E-state index contributed by atoms with van der Waals surface area (Å²) in [5.41, 5.74) is 2.01. The molecule has 0 radical (unpaired) electrons. The molecule has 0 saturated carbocycles. The number of carbonyl (C=O) groups is 1. The van der Waals surface area contributed by atoms with Crippen LogP contribution in [0.2, 0.25) is 0 Å². The Balaban J connectivity index is 1.59. The van der Waals surface area contributed by atoms with E-state index in [9.17, 15) is 4.79 Å². The molecule has 1 amide bonds. The topological polar surface area (TPSA) is 59.2 Å². The summed E-state index contributed by atoms with van der Waals surface area (Å²) in [6, 6.07) is 19.5. The highest BCUT2D eigenvalue weighted by Crippen LogP contribution is 2.34. The van der Waals surface area contributed by atoms with Gasteiger partial charge in [0.1, 0.15) is 6.04 Å². The predicted molar refractivity (Wildman–Crippen MR) is 88.7 cm³/mol. The minimum Gasteiger partial charge on any atom is -0.337 e. The molecule has 5 nitrogen and oxygen atoms in total. The van der Waals surface area contributed by atoms with Gasteiger partial charge < -0.3 is 9.42 Å². The normalized spacial score (nSPS) is 17.4. The van der Waals surface area contributed by atoms with Crippen LogP contribution in [-0.2, 0) is 11.3 Å². The maximum atomic E-state index is 12.3. The summed E-state index contributed by atoms with van der Waals surface area (Å²) < 4.78 is 5.46. The molecule has 24 heavy (non-hydrogen) atoms. The maximum Gasteiger partial charge on any atom is 0.249 e. The molecule has 1 aliphatic rings. The number of nitrogens with zero attached hydrogens (tertiary/aromatic N) is 3. The van der Waals surface area contributed by atoms with Crippen LogP contribution in [0.1, 0.15) is 30.3 Å². The third-order valence-electron chi connectivity index (χ3n) is 4.28. The van der Waals surface area contributed by atoms with Crippen LogP contribution >= 0.6 is 0 Å². The van der Waals surface area contributed by atoms with Crippen LogP contribution in [0.3, 0.4) is 0 Å². The zero-order chi connectivity index (χ0) is 16.4. The summed E-state index contributed by atoms with van der Waals surface area (Å²) in [6.45, 7) is 0.563. The Morgan fingerprint density at radius 1 is 1.04 bits per heavy atom. The van der Waals surface area contributed by atoms with Gasteiger partial charge in [-0.3, -0.25) is 4.79 Å². The summed E-state index contributed by atoms with van der Waals surface area (Å²) >= 11 is 0. The standard InChI is InChI=1S/C19H17N3O2/c23-17-12-11-16(22(17)13-14-7-3-1-4-8-14)19-20-18(21-24-19)15-9-5-2-6-10-15/h1-10,16H,11-13H2. The van der Waals surface area contributed by atoms with E-state index < -0.39 is 0 Å². The molecule has 3 aromatic rings. The first-order valence-electron chi connectivity index (χ1n) is 8.04. The van der Waals surface area contributed by atoms with Crippen LogP contribution in [0, 0.1) is 0 Å². The van der Waals surface area contributed by atoms with E-state index in [0.29, 0.717) is 31.1 Å². The predicted octanol–water partition coefficient (Wildman–Crippen LogP) is 3.60. The Hall–Kier alpha value is -2.95. The molecule has 5 heteroatoms. The van der Waals surface area contributed by atoms with Gasteiger partial charge in [0.05, 0.1) is 0 Å². The summed E-state index contributed by atoms with van der Waals surface area (Å²) in [5, 5.41) is 4.07. The van der Waals surface area contributed by atoms with Gasteiger partial charge in [0.15, 0.2) is 0 Å². The van der Waals surface area contributed by atoms with Gasteiger partial charge in [0.25, 0.3) is 0 Å². The number of likely N-dealkylation sites (tertiary alicyclic amines) is 1. The lowest BCUT2D eigenvalue weighted by atomic mass is 10.2. The van der Waals surface area contributed by atoms with Crippen molar-refractivity contribution in [2.24, 2.45) is 0 Å². The van der Waals surface area contributed by atoms with E-state index in [-0.39, 0.29) is 11.9 Å². The molecule has 1 aromatic heterocycles. The van der Waals surface area contributed by atoms with Gasteiger partial charge in [0.2, 0.25) is 17.6 Å². The highest BCUT2D eigenvalue weighted by atomic mass is 16.5. The Bertz CT molecular complexity index is 830. The average Bonchev–Trinajstić information content (AvgIpc) is 3.25. The van der Waals surface area contributed by atoms with Crippen molar-refractivity contribution in [2.45, 2.75) is 25.4 Å². The first-order chi connectivity index (χ1) is 11.8. The summed E-state index contributed by atoms with van der Waals surface area (Å²) in [5.74, 6) is 1.20. The van der Waals surface area contributed by atoms with Crippen LogP contribution in [-0.4, -0.2) is 20.9 Å². The van der Waals surface area contributed by atoms with Crippen LogP contribution in [0.4, 0.5) is 0 Å². The SMILES string of the molecule is O=C1CCC(c2nc(-c3ccccc3)no2)N1Cc1ccccc1. The second-order valence-corrected chi connectivity index (χ2v) is 5.88. The lowest BCUT2D eigenvalue weighted by molar-refractivity contribution is -0.129. The molecular formula is C19H17N3O2. The van der Waals surface area contributed by atoms with Gasteiger partial charge in [-0.05, 0) is 12.0 Å². The number of hydrogen-bond donors (Lipinski definition) is 0. The Morgan fingerprint density at radius 3 is 2.50 bits per heavy atom. The summed E-state index contributed by atoms with van der Waals surface area (Å²) in [6.07, 6.45) is 1.22. The highest BCUT2D eigenvalue weighted by molar-refractivity contribution is 5.78. The van der Waals surface area contributed by atoms with E-state index in [4.69, 9.17) is 4.52 Å². The van der Waals surface area contributed by atoms with E-state index in [1.807, 2.05) is 65.6 Å². The number of hydrogen-bond acceptors (Lipinski definition) is 4. The first kappa shape index (κ1) is 14.6. The smallest absolute Gasteiger partial charge is 0.249 e. The van der Waals surface area contributed by atoms with Gasteiger partial charge in [-0.15, -0.1) is 0 Å². The van der Waals surface area contributed by atoms with Crippen molar-refractivity contribution in [3.8, 4) is 11.4 Å². The largest absolute Gasteiger partial charge is 0.337 e. The molecule has 1 fully saturated rings. The lowest BCUT2D eigenvalue weighted by Gasteiger charge is -2.22. The van der Waals surface area contributed by atoms with Gasteiger partial charge in [-0.1, -0.05) is 65.8 Å². The van der Waals surface area contributed by atoms with Crippen LogP contribution in [0.15, 0.2) is 65.2 Å². The van der Waals surface area contributed by atoms with Crippen LogP contribution < -0.4 is 0 Å². The molecule has 1 atom stereocenters. The number of benzene rings is 2. The molecule has 0 aliphatic carbocycles. The van der Waals surface area contributed by atoms with Crippen molar-refractivity contribution >= 4 is 5.91 Å². The van der Waals surface area contributed by atoms with Gasteiger partial charge in [0, 0.05) is 18.5 Å². The summed E-state index contributed by atoms with van der Waals surface area (Å²) in [4.78, 5) is 18.6. The van der Waals surface area contributed by atoms with E-state index >= 15 is 0 Å². The third kappa shape index (κ3) is 2.80. The molecular weight excluding hydrogens is 302 g/mol. The van der Waals surface area contributed by atoms with Gasteiger partial charge in [-0.25, -0.2) is 0 Å². The molecule has 1 aliphatic heterocycles. The highest BCUT2D eigenvalue weighted by Gasteiger charge is 2.35. The van der Waals surface area contributed by atoms with Crippen molar-refractivity contribution in [2.75, 3.05) is 0 Å². The van der Waals surface area contributed by atoms with Crippen molar-refractivity contribution in [1.29, 1.82) is 0 Å². The van der Waals surface area contributed by atoms with Crippen molar-refractivity contribution in [3.63, 3.8) is 0 Å². The monoisotopic (exact) mass is 319 g/mol. The molecule has 4 rings (SSSR count). The van der Waals surface area contributed by atoms with E-state index in [2.05, 4.69) is 10.1 Å². The second-order valence-electron chi connectivity index (χ2n) is 5.88. The molecule has 2 aromatic carbocycles. The third-order valence-corrected chi connectivity index (χ3v) is 4.28. The molecule has 120 valence electrons. The van der Waals surface area contributed by atoms with Gasteiger partial charge in [-0.2, -0.15) is 4.98 Å². The molecule has 1 saturated heterocycles. The Labute approximate surface area is 139 Å². The Morgan fingerprint density at radius 2 is 1.75 bits per heavy atom. The molecule has 0 spiro atoms. The van der Waals surface area contributed by atoms with Crippen molar-refractivity contribution in [1.82, 2.24) is 15.0 Å². The van der Waals surface area contributed by atoms with Gasteiger partial charge >= 0.3 is 0 Å². The zero-order valence-electron chi connectivity index (χ0n) is 13.1. The van der Waals surface area contributed by atoms with Crippen molar-refractivity contribution in [3.05, 3.63) is 72.1 Å². The Kier molecular flexibility index (Phi) is 3.83. The fourth-order valence-electron chi connectivity index (χ4n) is 3.04. The molecule has 0 N–H and O–H groups in total. The number of amides is 1. The van der Waals surface area contributed by atoms with E-state index in [1.165, 1.54) is 0 Å². The number of carbonyl (C=O) groups excluding carboxylic acids is 1. The quantitative estimate of drug-likeness (QED) is 0.737. The molecule has 0 bridgehead atoms. The first-order valence-corrected chi connectivity index (χ1v) is 8.04. The average molecular weight is 319 g/mol. The van der Waals surface area contributed by atoms with Crippen molar-refractivity contribution < 1.29 is 9.32 Å². The fraction of sp³-hybridized carbons (Fsp3) is 0.211. The number of aromatic nitrogens is 2. The second kappa shape index (κ2) is 6.28. The van der Waals surface area contributed by atoms with Crippen LogP contribution in [0.5, 0.6) is 0 Å². The summed E-state index contributed by atoms with van der Waals surface area (Å²) in [7, 11) is 0. The zero-order valence-corrected chi connectivity index (χ0v) is 13.1. The fourth-order valence-corrected chi connectivity index (χ4v) is 3.04. The molecule has 1 unspecified atom stereocenters. The van der Waals surface area contributed by atoms with E-state index in [0.717, 1.165) is 11.1 Å². The molecule has 2 heterocycles. The number of rotatable bonds is 4. The minimum absolute atomic E-state index is 0.128. The maximum absolute atomic E-state index is 12.3. The van der Waals surface area contributed by atoms with E-state index in [1.54, 1.807) is 0 Å².